The zero-order valence-electron chi connectivity index (χ0n) is 9.45. The fourth-order valence-electron chi connectivity index (χ4n) is 0.883. The predicted octanol–water partition coefficient (Wildman–Crippen LogP) is 2.87. The van der Waals surface area contributed by atoms with E-state index < -0.39 is 0 Å². The highest BCUT2D eigenvalue weighted by Crippen LogP contribution is 2.02. The first-order chi connectivity index (χ1) is 6.81. The van der Waals surface area contributed by atoms with Crippen LogP contribution in [-0.4, -0.2) is 42.5 Å². The Morgan fingerprint density at radius 2 is 1.36 bits per heavy atom. The van der Waals surface area contributed by atoms with E-state index >= 15 is 0 Å². The van der Waals surface area contributed by atoms with E-state index in [1.165, 1.54) is 0 Å². The first-order valence-corrected chi connectivity index (χ1v) is 7.50. The summed E-state index contributed by atoms with van der Waals surface area (Å²) in [6.07, 6.45) is -0.0510. The molecule has 0 rings (SSSR count). The molecular weight excluding hydrogens is 216 g/mol. The number of rotatable bonds is 10. The summed E-state index contributed by atoms with van der Waals surface area (Å²) in [5.41, 5.74) is 0. The summed E-state index contributed by atoms with van der Waals surface area (Å²) >= 11 is 3.79. The molecule has 14 heavy (non-hydrogen) atoms. The predicted molar refractivity (Wildman–Crippen MR) is 67.4 cm³/mol. The second-order valence-electron chi connectivity index (χ2n) is 2.70. The average Bonchev–Trinajstić information content (AvgIpc) is 2.19. The van der Waals surface area contributed by atoms with Crippen LogP contribution in [0.25, 0.3) is 0 Å². The zero-order chi connectivity index (χ0) is 10.6. The van der Waals surface area contributed by atoms with Gasteiger partial charge in [0.2, 0.25) is 0 Å². The fraction of sp³-hybridized carbons (Fsp3) is 1.00. The number of hydrogen-bond acceptors (Lipinski definition) is 4. The van der Waals surface area contributed by atoms with Gasteiger partial charge < -0.3 is 9.47 Å². The molecule has 4 heteroatoms. The van der Waals surface area contributed by atoms with Crippen LogP contribution in [0, 0.1) is 0 Å². The Morgan fingerprint density at radius 1 is 0.929 bits per heavy atom. The van der Waals surface area contributed by atoms with E-state index in [0.29, 0.717) is 0 Å². The van der Waals surface area contributed by atoms with Gasteiger partial charge in [-0.1, -0.05) is 13.8 Å². The largest absolute Gasteiger partial charge is 0.352 e. The minimum absolute atomic E-state index is 0.0510. The molecule has 0 fully saturated rings. The highest BCUT2D eigenvalue weighted by atomic mass is 32.2. The fourth-order valence-corrected chi connectivity index (χ4v) is 1.89. The number of thioether (sulfide) groups is 2. The maximum atomic E-state index is 5.47. The van der Waals surface area contributed by atoms with Crippen LogP contribution < -0.4 is 0 Å². The lowest BCUT2D eigenvalue weighted by atomic mass is 10.7. The third kappa shape index (κ3) is 10.7. The van der Waals surface area contributed by atoms with E-state index in [2.05, 4.69) is 13.8 Å². The van der Waals surface area contributed by atoms with Crippen molar-refractivity contribution in [1.82, 2.24) is 0 Å². The first-order valence-electron chi connectivity index (χ1n) is 5.20. The highest BCUT2D eigenvalue weighted by molar-refractivity contribution is 7.99. The van der Waals surface area contributed by atoms with Gasteiger partial charge in [0.1, 0.15) is 0 Å². The minimum Gasteiger partial charge on any atom is -0.352 e. The number of ether oxygens (including phenoxy) is 2. The summed E-state index contributed by atoms with van der Waals surface area (Å²) in [6.45, 7) is 7.87. The van der Waals surface area contributed by atoms with Crippen molar-refractivity contribution in [2.75, 3.05) is 36.2 Å². The molecule has 0 unspecified atom stereocenters. The molecule has 0 aliphatic heterocycles. The topological polar surface area (TPSA) is 18.5 Å². The maximum Gasteiger partial charge on any atom is 0.154 e. The van der Waals surface area contributed by atoms with Crippen LogP contribution in [0.3, 0.4) is 0 Å². The van der Waals surface area contributed by atoms with Crippen molar-refractivity contribution >= 4 is 23.5 Å². The molecule has 0 aromatic heterocycles. The van der Waals surface area contributed by atoms with Crippen molar-refractivity contribution < 1.29 is 9.47 Å². The zero-order valence-corrected chi connectivity index (χ0v) is 11.1. The van der Waals surface area contributed by atoms with Crippen LogP contribution in [0.2, 0.25) is 0 Å². The molecule has 86 valence electrons. The van der Waals surface area contributed by atoms with Gasteiger partial charge in [0, 0.05) is 11.5 Å². The summed E-state index contributed by atoms with van der Waals surface area (Å²) in [4.78, 5) is 0. The molecule has 0 aromatic carbocycles. The van der Waals surface area contributed by atoms with Crippen LogP contribution in [0.1, 0.15) is 20.8 Å². The molecule has 2 nitrogen and oxygen atoms in total. The average molecular weight is 238 g/mol. The van der Waals surface area contributed by atoms with Gasteiger partial charge in [-0.05, 0) is 18.4 Å². The van der Waals surface area contributed by atoms with E-state index in [9.17, 15) is 0 Å². The van der Waals surface area contributed by atoms with Gasteiger partial charge in [-0.2, -0.15) is 23.5 Å². The second kappa shape index (κ2) is 11.7. The van der Waals surface area contributed by atoms with Crippen molar-refractivity contribution in [3.8, 4) is 0 Å². The van der Waals surface area contributed by atoms with Gasteiger partial charge in [-0.3, -0.25) is 0 Å². The lowest BCUT2D eigenvalue weighted by Crippen LogP contribution is -2.16. The summed E-state index contributed by atoms with van der Waals surface area (Å²) < 4.78 is 10.9. The van der Waals surface area contributed by atoms with Crippen molar-refractivity contribution in [2.45, 2.75) is 27.1 Å². The first kappa shape index (κ1) is 14.6. The monoisotopic (exact) mass is 238 g/mol. The molecule has 0 saturated carbocycles. The Balaban J connectivity index is 3.07. The van der Waals surface area contributed by atoms with Gasteiger partial charge in [-0.25, -0.2) is 0 Å². The molecule has 0 amide bonds. The highest BCUT2D eigenvalue weighted by Gasteiger charge is 2.00. The van der Waals surface area contributed by atoms with E-state index in [1.54, 1.807) is 0 Å². The molecule has 0 bridgehead atoms. The molecule has 0 aliphatic carbocycles. The Kier molecular flexibility index (Phi) is 12.2. The maximum absolute atomic E-state index is 5.47. The normalized spacial score (nSPS) is 11.1. The van der Waals surface area contributed by atoms with E-state index in [1.807, 2.05) is 30.4 Å². The molecule has 0 atom stereocenters. The van der Waals surface area contributed by atoms with E-state index in [4.69, 9.17) is 9.47 Å². The van der Waals surface area contributed by atoms with Crippen molar-refractivity contribution in [3.05, 3.63) is 0 Å². The van der Waals surface area contributed by atoms with Crippen molar-refractivity contribution in [3.63, 3.8) is 0 Å². The SMILES string of the molecule is CCSCCOC(C)OCCSCC. The van der Waals surface area contributed by atoms with Crippen LogP contribution in [-0.2, 0) is 9.47 Å². The Hall–Kier alpha value is 0.620. The smallest absolute Gasteiger partial charge is 0.154 e. The molecule has 0 N–H and O–H groups in total. The molecule has 0 heterocycles. The molecule has 0 aromatic rings. The molecule has 0 aliphatic rings. The molecular formula is C10H22O2S2. The Labute approximate surface area is 96.5 Å². The van der Waals surface area contributed by atoms with Crippen LogP contribution in [0.4, 0.5) is 0 Å². The minimum atomic E-state index is -0.0510. The third-order valence-corrected chi connectivity index (χ3v) is 3.30. The lowest BCUT2D eigenvalue weighted by molar-refractivity contribution is -0.121. The summed E-state index contributed by atoms with van der Waals surface area (Å²) in [5.74, 6) is 4.44. The Morgan fingerprint density at radius 3 is 1.71 bits per heavy atom. The van der Waals surface area contributed by atoms with Gasteiger partial charge in [-0.15, -0.1) is 0 Å². The van der Waals surface area contributed by atoms with Gasteiger partial charge in [0.05, 0.1) is 13.2 Å². The van der Waals surface area contributed by atoms with Gasteiger partial charge >= 0.3 is 0 Å². The lowest BCUT2D eigenvalue weighted by Gasteiger charge is -2.13. The number of hydrogen-bond donors (Lipinski definition) is 0. The standard InChI is InChI=1S/C10H22O2S2/c1-4-13-8-6-11-10(3)12-7-9-14-5-2/h10H,4-9H2,1-3H3. The molecule has 0 spiro atoms. The van der Waals surface area contributed by atoms with Crippen LogP contribution in [0.5, 0.6) is 0 Å². The van der Waals surface area contributed by atoms with Crippen molar-refractivity contribution in [1.29, 1.82) is 0 Å². The van der Waals surface area contributed by atoms with Crippen LogP contribution in [0.15, 0.2) is 0 Å². The van der Waals surface area contributed by atoms with E-state index in [0.717, 1.165) is 36.2 Å². The van der Waals surface area contributed by atoms with Gasteiger partial charge in [0.25, 0.3) is 0 Å². The molecule has 0 radical (unpaired) electrons. The summed E-state index contributed by atoms with van der Waals surface area (Å²) in [5, 5.41) is 0. The third-order valence-electron chi connectivity index (χ3n) is 1.57. The molecule has 0 saturated heterocycles. The second-order valence-corrected chi connectivity index (χ2v) is 5.49. The van der Waals surface area contributed by atoms with Crippen molar-refractivity contribution in [2.24, 2.45) is 0 Å². The summed E-state index contributed by atoms with van der Waals surface area (Å²) in [6, 6.07) is 0. The Bertz CT molecular complexity index is 100. The quantitative estimate of drug-likeness (QED) is 0.430. The van der Waals surface area contributed by atoms with Crippen LogP contribution >= 0.6 is 23.5 Å². The summed E-state index contributed by atoms with van der Waals surface area (Å²) in [7, 11) is 0. The van der Waals surface area contributed by atoms with Gasteiger partial charge in [0.15, 0.2) is 6.29 Å². The van der Waals surface area contributed by atoms with E-state index in [-0.39, 0.29) is 6.29 Å².